The number of carbonyl (C=O) groups excluding carboxylic acids is 2. The molecule has 0 aliphatic heterocycles. The van der Waals surface area contributed by atoms with Crippen molar-refractivity contribution in [3.63, 3.8) is 0 Å². The third-order valence-electron chi connectivity index (χ3n) is 7.07. The first-order valence-corrected chi connectivity index (χ1v) is 11.9. The van der Waals surface area contributed by atoms with Crippen LogP contribution >= 0.6 is 0 Å². The molecular formula is C25H36N4O5. The van der Waals surface area contributed by atoms with Gasteiger partial charge >= 0.3 is 6.09 Å². The third-order valence-corrected chi connectivity index (χ3v) is 7.07. The average molecular weight is 473 g/mol. The van der Waals surface area contributed by atoms with Crippen LogP contribution in [0.4, 0.5) is 4.79 Å². The monoisotopic (exact) mass is 472 g/mol. The summed E-state index contributed by atoms with van der Waals surface area (Å²) in [6, 6.07) is 6.38. The number of benzene rings is 1. The van der Waals surface area contributed by atoms with Crippen LogP contribution in [-0.2, 0) is 22.4 Å². The molecule has 6 N–H and O–H groups in total. The molecule has 9 nitrogen and oxygen atoms in total. The van der Waals surface area contributed by atoms with Gasteiger partial charge in [-0.1, -0.05) is 52.3 Å². The van der Waals surface area contributed by atoms with Crippen LogP contribution in [0.15, 0.2) is 24.3 Å². The highest BCUT2D eigenvalue weighted by Crippen LogP contribution is 2.34. The lowest BCUT2D eigenvalue weighted by Gasteiger charge is -2.39. The summed E-state index contributed by atoms with van der Waals surface area (Å²) in [7, 11) is 0. The zero-order chi connectivity index (χ0) is 25.0. The quantitative estimate of drug-likeness (QED) is 0.332. The van der Waals surface area contributed by atoms with Gasteiger partial charge in [0.25, 0.3) is 0 Å². The number of carbonyl (C=O) groups is 3. The van der Waals surface area contributed by atoms with E-state index in [0.29, 0.717) is 19.3 Å². The average Bonchev–Trinajstić information content (AvgIpc) is 3.17. The summed E-state index contributed by atoms with van der Waals surface area (Å²) in [5, 5.41) is 28.3. The van der Waals surface area contributed by atoms with E-state index in [4.69, 9.17) is 0 Å². The van der Waals surface area contributed by atoms with E-state index < -0.39 is 29.6 Å². The van der Waals surface area contributed by atoms with Gasteiger partial charge in [-0.15, -0.1) is 0 Å². The van der Waals surface area contributed by atoms with Gasteiger partial charge in [0.15, 0.2) is 0 Å². The van der Waals surface area contributed by atoms with Crippen LogP contribution in [0.5, 0.6) is 0 Å². The van der Waals surface area contributed by atoms with Crippen molar-refractivity contribution in [3.8, 4) is 0 Å². The number of carboxylic acid groups (broad SMARTS) is 1. The van der Waals surface area contributed by atoms with Crippen molar-refractivity contribution in [2.45, 2.75) is 71.0 Å². The topological polar surface area (TPSA) is 144 Å². The highest BCUT2D eigenvalue weighted by Gasteiger charge is 2.46. The number of para-hydroxylation sites is 1. The van der Waals surface area contributed by atoms with Crippen molar-refractivity contribution in [1.82, 2.24) is 20.9 Å². The molecule has 0 spiro atoms. The molecule has 34 heavy (non-hydrogen) atoms. The number of rotatable bonds is 9. The zero-order valence-corrected chi connectivity index (χ0v) is 20.3. The van der Waals surface area contributed by atoms with Crippen LogP contribution in [0.25, 0.3) is 10.9 Å². The van der Waals surface area contributed by atoms with E-state index in [2.05, 4.69) is 20.9 Å². The summed E-state index contributed by atoms with van der Waals surface area (Å²) >= 11 is 0. The number of fused-ring (bicyclic) bond motifs is 3. The van der Waals surface area contributed by atoms with Crippen LogP contribution < -0.4 is 16.0 Å². The number of aryl methyl sites for hydroxylation is 1. The van der Waals surface area contributed by atoms with Gasteiger partial charge in [0.1, 0.15) is 11.6 Å². The molecule has 0 fully saturated rings. The molecule has 1 aliphatic carbocycles. The van der Waals surface area contributed by atoms with E-state index in [9.17, 15) is 24.6 Å². The van der Waals surface area contributed by atoms with Gasteiger partial charge in [0.2, 0.25) is 11.8 Å². The van der Waals surface area contributed by atoms with Gasteiger partial charge in [-0.2, -0.15) is 0 Å². The number of aromatic nitrogens is 1. The second-order valence-corrected chi connectivity index (χ2v) is 9.70. The van der Waals surface area contributed by atoms with Crippen LogP contribution in [0, 0.1) is 11.8 Å². The third kappa shape index (κ3) is 5.19. The van der Waals surface area contributed by atoms with Gasteiger partial charge in [-0.05, 0) is 36.3 Å². The fourth-order valence-electron chi connectivity index (χ4n) is 4.64. The van der Waals surface area contributed by atoms with Crippen molar-refractivity contribution in [2.24, 2.45) is 11.8 Å². The minimum Gasteiger partial charge on any atom is -0.465 e. The number of amides is 3. The number of aliphatic hydroxyl groups excluding tert-OH is 1. The Kier molecular flexibility index (Phi) is 7.86. The van der Waals surface area contributed by atoms with Crippen LogP contribution in [-0.4, -0.2) is 57.3 Å². The number of aliphatic hydroxyl groups is 1. The Labute approximate surface area is 199 Å². The fraction of sp³-hybridized carbons (Fsp3) is 0.560. The van der Waals surface area contributed by atoms with E-state index in [1.165, 1.54) is 0 Å². The van der Waals surface area contributed by atoms with Gasteiger partial charge in [0.05, 0.1) is 12.6 Å². The number of nitrogens with one attached hydrogen (secondary N) is 4. The molecule has 2 aromatic rings. The molecule has 1 heterocycles. The maximum absolute atomic E-state index is 13.7. The second-order valence-electron chi connectivity index (χ2n) is 9.70. The largest absolute Gasteiger partial charge is 0.465 e. The molecule has 0 unspecified atom stereocenters. The van der Waals surface area contributed by atoms with Gasteiger partial charge < -0.3 is 31.1 Å². The lowest BCUT2D eigenvalue weighted by atomic mass is 9.78. The summed E-state index contributed by atoms with van der Waals surface area (Å²) in [5.41, 5.74) is 1.69. The Balaban J connectivity index is 1.99. The molecule has 9 heteroatoms. The Morgan fingerprint density at radius 2 is 1.85 bits per heavy atom. The van der Waals surface area contributed by atoms with Crippen molar-refractivity contribution < 1.29 is 24.6 Å². The molecule has 1 aliphatic rings. The van der Waals surface area contributed by atoms with Crippen LogP contribution in [0.2, 0.25) is 0 Å². The highest BCUT2D eigenvalue weighted by atomic mass is 16.4. The Hall–Kier alpha value is -3.07. The summed E-state index contributed by atoms with van der Waals surface area (Å²) in [4.78, 5) is 41.9. The van der Waals surface area contributed by atoms with Gasteiger partial charge in [-0.25, -0.2) is 4.79 Å². The number of hydrogen-bond acceptors (Lipinski definition) is 4. The van der Waals surface area contributed by atoms with E-state index in [1.54, 1.807) is 6.92 Å². The molecule has 0 saturated heterocycles. The van der Waals surface area contributed by atoms with Crippen molar-refractivity contribution >= 4 is 28.8 Å². The molecule has 1 aromatic heterocycles. The first kappa shape index (κ1) is 25.6. The molecule has 1 aromatic carbocycles. The Bertz CT molecular complexity index is 1050. The van der Waals surface area contributed by atoms with Gasteiger partial charge in [-0.3, -0.25) is 9.59 Å². The maximum atomic E-state index is 13.7. The normalized spacial score (nSPS) is 20.3. The summed E-state index contributed by atoms with van der Waals surface area (Å²) in [5.74, 6) is -1.16. The summed E-state index contributed by atoms with van der Waals surface area (Å²) < 4.78 is 0. The SMILES string of the molecule is CC[C@H](C)[C@H](NC(=O)O)C(=O)N[C@]1(C(=O)N[C@H](CO)C(C)C)CCc2[nH]c3ccccc3c2C1. The summed E-state index contributed by atoms with van der Waals surface area (Å²) in [6.45, 7) is 7.26. The minimum absolute atomic E-state index is 0.00418. The Morgan fingerprint density at radius 3 is 2.47 bits per heavy atom. The molecule has 3 amide bonds. The van der Waals surface area contributed by atoms with Crippen LogP contribution in [0.1, 0.15) is 51.8 Å². The number of aromatic amines is 1. The highest BCUT2D eigenvalue weighted by molar-refractivity contribution is 5.96. The second kappa shape index (κ2) is 10.5. The van der Waals surface area contributed by atoms with Gasteiger partial charge in [0, 0.05) is 23.0 Å². The number of hydrogen-bond donors (Lipinski definition) is 6. The predicted octanol–water partition coefficient (Wildman–Crippen LogP) is 2.33. The lowest BCUT2D eigenvalue weighted by molar-refractivity contribution is -0.136. The Morgan fingerprint density at radius 1 is 1.15 bits per heavy atom. The maximum Gasteiger partial charge on any atom is 0.405 e. The molecule has 4 atom stereocenters. The molecular weight excluding hydrogens is 436 g/mol. The smallest absolute Gasteiger partial charge is 0.405 e. The lowest BCUT2D eigenvalue weighted by Crippen LogP contribution is -2.66. The molecule has 3 rings (SSSR count). The molecule has 0 saturated carbocycles. The first-order valence-electron chi connectivity index (χ1n) is 11.9. The molecule has 186 valence electrons. The minimum atomic E-state index is -1.29. The van der Waals surface area contributed by atoms with Crippen molar-refractivity contribution in [3.05, 3.63) is 35.5 Å². The zero-order valence-electron chi connectivity index (χ0n) is 20.3. The standard InChI is InChI=1S/C25H36N4O5/c1-5-15(4)21(28-24(33)34)22(31)29-25(23(32)27-20(13-30)14(2)3)11-10-19-17(12-25)16-8-6-7-9-18(16)26-19/h6-9,14-15,20-21,26,28,30H,5,10-13H2,1-4H3,(H,27,32)(H,29,31)(H,33,34)/t15-,20+,21-,25+/m0/s1. The molecule has 0 bridgehead atoms. The first-order chi connectivity index (χ1) is 16.1. The van der Waals surface area contributed by atoms with E-state index in [1.807, 2.05) is 45.0 Å². The van der Waals surface area contributed by atoms with E-state index in [-0.39, 0.29) is 30.8 Å². The number of H-pyrrole nitrogens is 1. The van der Waals surface area contributed by atoms with E-state index >= 15 is 0 Å². The summed E-state index contributed by atoms with van der Waals surface area (Å²) in [6.07, 6.45) is 0.455. The van der Waals surface area contributed by atoms with Crippen LogP contribution in [0.3, 0.4) is 0 Å². The fourth-order valence-corrected chi connectivity index (χ4v) is 4.64. The molecule has 0 radical (unpaired) electrons. The van der Waals surface area contributed by atoms with E-state index in [0.717, 1.165) is 22.2 Å². The predicted molar refractivity (Wildman–Crippen MR) is 129 cm³/mol. The van der Waals surface area contributed by atoms with Crippen molar-refractivity contribution in [2.75, 3.05) is 6.61 Å². The van der Waals surface area contributed by atoms with Crippen molar-refractivity contribution in [1.29, 1.82) is 0 Å².